The molecular formula is C15H15N3O4. The molecule has 1 aliphatic rings. The average Bonchev–Trinajstić information content (AvgIpc) is 3.18. The molecular weight excluding hydrogens is 286 g/mol. The lowest BCUT2D eigenvalue weighted by Gasteiger charge is -2.23. The summed E-state index contributed by atoms with van der Waals surface area (Å²) < 4.78 is 5.38. The van der Waals surface area contributed by atoms with Crippen LogP contribution in [0.2, 0.25) is 0 Å². The van der Waals surface area contributed by atoms with E-state index in [0.717, 1.165) is 18.6 Å². The molecule has 3 rings (SSSR count). The standard InChI is InChI=1S/C15H15N3O4/c19-15(16-11-5-1-2-6-12(11)18(20)21)17-9-3-7-13(17)14-8-4-10-22-14/h1-2,4-6,8,10,13H,3,7,9H2,(H,16,19). The summed E-state index contributed by atoms with van der Waals surface area (Å²) in [5, 5.41) is 13.6. The van der Waals surface area contributed by atoms with Gasteiger partial charge < -0.3 is 14.6 Å². The van der Waals surface area contributed by atoms with Crippen LogP contribution in [0.1, 0.15) is 24.6 Å². The Kier molecular flexibility index (Phi) is 3.78. The van der Waals surface area contributed by atoms with Gasteiger partial charge in [-0.1, -0.05) is 12.1 Å². The minimum absolute atomic E-state index is 0.121. The zero-order valence-corrected chi connectivity index (χ0v) is 11.8. The van der Waals surface area contributed by atoms with Crippen molar-refractivity contribution in [3.63, 3.8) is 0 Å². The predicted octanol–water partition coefficient (Wildman–Crippen LogP) is 3.56. The zero-order valence-electron chi connectivity index (χ0n) is 11.8. The second kappa shape index (κ2) is 5.88. The van der Waals surface area contributed by atoms with Crippen molar-refractivity contribution in [3.8, 4) is 0 Å². The number of carbonyl (C=O) groups is 1. The highest BCUT2D eigenvalue weighted by atomic mass is 16.6. The van der Waals surface area contributed by atoms with Crippen LogP contribution in [0.5, 0.6) is 0 Å². The van der Waals surface area contributed by atoms with Gasteiger partial charge in [0, 0.05) is 12.6 Å². The average molecular weight is 301 g/mol. The van der Waals surface area contributed by atoms with Gasteiger partial charge in [0.15, 0.2) is 0 Å². The molecule has 1 aromatic carbocycles. The third kappa shape index (κ3) is 2.65. The Morgan fingerprint density at radius 2 is 2.14 bits per heavy atom. The van der Waals surface area contributed by atoms with Crippen LogP contribution in [0.15, 0.2) is 47.1 Å². The van der Waals surface area contributed by atoms with Gasteiger partial charge >= 0.3 is 6.03 Å². The number of nitrogens with zero attached hydrogens (tertiary/aromatic N) is 2. The number of furan rings is 1. The summed E-state index contributed by atoms with van der Waals surface area (Å²) in [6.45, 7) is 0.595. The van der Waals surface area contributed by atoms with Crippen molar-refractivity contribution in [2.45, 2.75) is 18.9 Å². The monoisotopic (exact) mass is 301 g/mol. The van der Waals surface area contributed by atoms with Crippen LogP contribution in [0, 0.1) is 10.1 Å². The Hall–Kier alpha value is -2.83. The summed E-state index contributed by atoms with van der Waals surface area (Å²) in [6, 6.07) is 9.24. The predicted molar refractivity (Wildman–Crippen MR) is 79.5 cm³/mol. The summed E-state index contributed by atoms with van der Waals surface area (Å²) in [5.74, 6) is 0.732. The van der Waals surface area contributed by atoms with Crippen molar-refractivity contribution in [2.75, 3.05) is 11.9 Å². The Balaban J connectivity index is 1.79. The Bertz CT molecular complexity index is 684. The number of urea groups is 1. The maximum absolute atomic E-state index is 12.4. The number of likely N-dealkylation sites (tertiary alicyclic amines) is 1. The van der Waals surface area contributed by atoms with Crippen molar-refractivity contribution in [1.29, 1.82) is 0 Å². The molecule has 1 saturated heterocycles. The van der Waals surface area contributed by atoms with Crippen LogP contribution < -0.4 is 5.32 Å². The third-order valence-corrected chi connectivity index (χ3v) is 3.73. The Labute approximate surface area is 126 Å². The Morgan fingerprint density at radius 1 is 1.32 bits per heavy atom. The van der Waals surface area contributed by atoms with Gasteiger partial charge in [-0.3, -0.25) is 10.1 Å². The van der Waals surface area contributed by atoms with Gasteiger partial charge in [-0.25, -0.2) is 4.79 Å². The van der Waals surface area contributed by atoms with E-state index in [1.165, 1.54) is 12.1 Å². The molecule has 2 aromatic rings. The molecule has 1 atom stereocenters. The van der Waals surface area contributed by atoms with E-state index >= 15 is 0 Å². The van der Waals surface area contributed by atoms with Gasteiger partial charge in [-0.05, 0) is 31.0 Å². The molecule has 22 heavy (non-hydrogen) atoms. The molecule has 114 valence electrons. The van der Waals surface area contributed by atoms with Crippen molar-refractivity contribution in [3.05, 3.63) is 58.5 Å². The minimum atomic E-state index is -0.510. The van der Waals surface area contributed by atoms with E-state index in [4.69, 9.17) is 4.42 Å². The topological polar surface area (TPSA) is 88.6 Å². The number of anilines is 1. The first-order chi connectivity index (χ1) is 10.7. The van der Waals surface area contributed by atoms with Crippen LogP contribution >= 0.6 is 0 Å². The fourth-order valence-corrected chi connectivity index (χ4v) is 2.71. The maximum Gasteiger partial charge on any atom is 0.322 e. The van der Waals surface area contributed by atoms with Crippen molar-refractivity contribution >= 4 is 17.4 Å². The first kappa shape index (κ1) is 14.1. The van der Waals surface area contributed by atoms with E-state index in [-0.39, 0.29) is 23.4 Å². The van der Waals surface area contributed by atoms with Gasteiger partial charge in [0.1, 0.15) is 11.4 Å². The first-order valence-corrected chi connectivity index (χ1v) is 7.01. The zero-order chi connectivity index (χ0) is 15.5. The van der Waals surface area contributed by atoms with Crippen LogP contribution in [0.25, 0.3) is 0 Å². The molecule has 0 radical (unpaired) electrons. The van der Waals surface area contributed by atoms with Gasteiger partial charge in [0.25, 0.3) is 5.69 Å². The molecule has 0 spiro atoms. The molecule has 0 saturated carbocycles. The number of benzene rings is 1. The number of hydrogen-bond donors (Lipinski definition) is 1. The highest BCUT2D eigenvalue weighted by Gasteiger charge is 2.32. The van der Waals surface area contributed by atoms with E-state index in [1.54, 1.807) is 29.4 Å². The summed E-state index contributed by atoms with van der Waals surface area (Å²) >= 11 is 0. The van der Waals surface area contributed by atoms with E-state index < -0.39 is 4.92 Å². The van der Waals surface area contributed by atoms with Crippen molar-refractivity contribution in [2.24, 2.45) is 0 Å². The van der Waals surface area contributed by atoms with Gasteiger partial charge in [0.05, 0.1) is 17.2 Å². The number of amides is 2. The SMILES string of the molecule is O=C(Nc1ccccc1[N+](=O)[O-])N1CCCC1c1ccco1. The molecule has 0 aliphatic carbocycles. The number of rotatable bonds is 3. The summed E-state index contributed by atoms with van der Waals surface area (Å²) in [7, 11) is 0. The molecule has 7 heteroatoms. The second-order valence-electron chi connectivity index (χ2n) is 5.07. The molecule has 1 aromatic heterocycles. The molecule has 2 amide bonds. The van der Waals surface area contributed by atoms with Crippen molar-refractivity contribution in [1.82, 2.24) is 4.90 Å². The fraction of sp³-hybridized carbons (Fsp3) is 0.267. The van der Waals surface area contributed by atoms with Crippen molar-refractivity contribution < 1.29 is 14.1 Å². The summed E-state index contributed by atoms with van der Waals surface area (Å²) in [4.78, 5) is 24.6. The molecule has 1 N–H and O–H groups in total. The lowest BCUT2D eigenvalue weighted by Crippen LogP contribution is -2.34. The lowest BCUT2D eigenvalue weighted by atomic mass is 10.2. The number of hydrogen-bond acceptors (Lipinski definition) is 4. The summed E-state index contributed by atoms with van der Waals surface area (Å²) in [6.07, 6.45) is 3.26. The molecule has 1 aliphatic heterocycles. The third-order valence-electron chi connectivity index (χ3n) is 3.73. The van der Waals surface area contributed by atoms with Gasteiger partial charge in [-0.2, -0.15) is 0 Å². The van der Waals surface area contributed by atoms with Crippen LogP contribution in [-0.4, -0.2) is 22.4 Å². The summed E-state index contributed by atoms with van der Waals surface area (Å²) in [5.41, 5.74) is 0.0761. The fourth-order valence-electron chi connectivity index (χ4n) is 2.71. The van der Waals surface area contributed by atoms with E-state index in [1.807, 2.05) is 6.07 Å². The molecule has 7 nitrogen and oxygen atoms in total. The van der Waals surface area contributed by atoms with Gasteiger partial charge in [0.2, 0.25) is 0 Å². The van der Waals surface area contributed by atoms with Crippen LogP contribution in [0.4, 0.5) is 16.2 Å². The number of para-hydroxylation sites is 2. The number of nitrogens with one attached hydrogen (secondary N) is 1. The van der Waals surface area contributed by atoms with Crippen LogP contribution in [0.3, 0.4) is 0 Å². The first-order valence-electron chi connectivity index (χ1n) is 7.01. The largest absolute Gasteiger partial charge is 0.467 e. The van der Waals surface area contributed by atoms with E-state index in [9.17, 15) is 14.9 Å². The van der Waals surface area contributed by atoms with E-state index in [2.05, 4.69) is 5.32 Å². The lowest BCUT2D eigenvalue weighted by molar-refractivity contribution is -0.383. The smallest absolute Gasteiger partial charge is 0.322 e. The quantitative estimate of drug-likeness (QED) is 0.693. The van der Waals surface area contributed by atoms with Crippen LogP contribution in [-0.2, 0) is 0 Å². The highest BCUT2D eigenvalue weighted by molar-refractivity contribution is 5.92. The highest BCUT2D eigenvalue weighted by Crippen LogP contribution is 2.33. The number of nitro groups is 1. The van der Waals surface area contributed by atoms with E-state index in [0.29, 0.717) is 6.54 Å². The Morgan fingerprint density at radius 3 is 2.86 bits per heavy atom. The van der Waals surface area contributed by atoms with Gasteiger partial charge in [-0.15, -0.1) is 0 Å². The minimum Gasteiger partial charge on any atom is -0.467 e. The number of carbonyl (C=O) groups excluding carboxylic acids is 1. The molecule has 2 heterocycles. The molecule has 1 unspecified atom stereocenters. The number of nitro benzene ring substituents is 1. The maximum atomic E-state index is 12.4. The normalized spacial score (nSPS) is 17.5. The second-order valence-corrected chi connectivity index (χ2v) is 5.07. The molecule has 0 bridgehead atoms. The molecule has 1 fully saturated rings.